The van der Waals surface area contributed by atoms with Gasteiger partial charge in [-0.05, 0) is 0 Å². The number of carbonyl (C=O) groups excluding carboxylic acids is 1. The topological polar surface area (TPSA) is 58.6 Å². The van der Waals surface area contributed by atoms with E-state index in [4.69, 9.17) is 9.84 Å². The first-order valence-corrected chi connectivity index (χ1v) is 2.85. The van der Waals surface area contributed by atoms with E-state index < -0.39 is 0 Å². The molecule has 1 aliphatic heterocycles. The normalized spacial score (nSPS) is 26.3. The maximum atomic E-state index is 10.4. The van der Waals surface area contributed by atoms with Crippen molar-refractivity contribution < 1.29 is 14.6 Å². The smallest absolute Gasteiger partial charge is 0.248 e. The van der Waals surface area contributed by atoms with Gasteiger partial charge in [-0.1, -0.05) is 0 Å². The van der Waals surface area contributed by atoms with Crippen molar-refractivity contribution in [3.8, 4) is 0 Å². The van der Waals surface area contributed by atoms with Crippen LogP contribution in [0.25, 0.3) is 0 Å². The largest absolute Gasteiger partial charge is 0.396 e. The SMILES string of the molecule is O=C1COC(CCO)N1. The predicted octanol–water partition coefficient (Wildman–Crippen LogP) is -1.16. The molecular weight excluding hydrogens is 122 g/mol. The zero-order chi connectivity index (χ0) is 6.69. The van der Waals surface area contributed by atoms with Crippen molar-refractivity contribution in [1.29, 1.82) is 0 Å². The van der Waals surface area contributed by atoms with Crippen LogP contribution in [0.5, 0.6) is 0 Å². The Balaban J connectivity index is 2.22. The van der Waals surface area contributed by atoms with E-state index >= 15 is 0 Å². The van der Waals surface area contributed by atoms with Crippen LogP contribution in [0.4, 0.5) is 0 Å². The highest BCUT2D eigenvalue weighted by molar-refractivity contribution is 5.78. The van der Waals surface area contributed by atoms with Crippen LogP contribution in [0.3, 0.4) is 0 Å². The van der Waals surface area contributed by atoms with Crippen LogP contribution in [0.2, 0.25) is 0 Å². The molecule has 0 aliphatic carbocycles. The molecule has 1 saturated heterocycles. The summed E-state index contributed by atoms with van der Waals surface area (Å²) in [5, 5.41) is 10.9. The van der Waals surface area contributed by atoms with Crippen molar-refractivity contribution in [1.82, 2.24) is 5.32 Å². The monoisotopic (exact) mass is 131 g/mol. The third kappa shape index (κ3) is 1.65. The molecule has 1 fully saturated rings. The van der Waals surface area contributed by atoms with Gasteiger partial charge in [0.2, 0.25) is 5.91 Å². The number of ether oxygens (including phenoxy) is 1. The second kappa shape index (κ2) is 2.80. The second-order valence-corrected chi connectivity index (χ2v) is 1.88. The van der Waals surface area contributed by atoms with Gasteiger partial charge in [0.25, 0.3) is 0 Å². The number of hydrogen-bond acceptors (Lipinski definition) is 3. The summed E-state index contributed by atoms with van der Waals surface area (Å²) in [6, 6.07) is 0. The summed E-state index contributed by atoms with van der Waals surface area (Å²) < 4.78 is 4.88. The van der Waals surface area contributed by atoms with Crippen LogP contribution in [0.1, 0.15) is 6.42 Å². The molecule has 0 saturated carbocycles. The molecule has 0 aromatic heterocycles. The average molecular weight is 131 g/mol. The van der Waals surface area contributed by atoms with E-state index in [1.807, 2.05) is 0 Å². The third-order valence-corrected chi connectivity index (χ3v) is 1.13. The molecule has 0 aromatic rings. The molecule has 1 heterocycles. The van der Waals surface area contributed by atoms with Crippen LogP contribution in [0.15, 0.2) is 0 Å². The lowest BCUT2D eigenvalue weighted by Gasteiger charge is -2.04. The van der Waals surface area contributed by atoms with Crippen molar-refractivity contribution in [3.63, 3.8) is 0 Å². The third-order valence-electron chi connectivity index (χ3n) is 1.13. The summed E-state index contributed by atoms with van der Waals surface area (Å²) in [7, 11) is 0. The van der Waals surface area contributed by atoms with Crippen molar-refractivity contribution in [2.24, 2.45) is 0 Å². The van der Waals surface area contributed by atoms with Gasteiger partial charge in [-0.15, -0.1) is 0 Å². The zero-order valence-corrected chi connectivity index (χ0v) is 4.96. The number of hydrogen-bond donors (Lipinski definition) is 2. The molecule has 0 spiro atoms. The van der Waals surface area contributed by atoms with Crippen LogP contribution in [0, 0.1) is 0 Å². The standard InChI is InChI=1S/C5H9NO3/c7-2-1-5-6-4(8)3-9-5/h5,7H,1-3H2,(H,6,8). The molecule has 1 rings (SSSR count). The zero-order valence-electron chi connectivity index (χ0n) is 4.96. The summed E-state index contributed by atoms with van der Waals surface area (Å²) in [6.07, 6.45) is 0.216. The number of aliphatic hydroxyl groups is 1. The fraction of sp³-hybridized carbons (Fsp3) is 0.800. The quantitative estimate of drug-likeness (QED) is 0.497. The van der Waals surface area contributed by atoms with Crippen LogP contribution < -0.4 is 5.32 Å². The Kier molecular flexibility index (Phi) is 2.02. The fourth-order valence-electron chi connectivity index (χ4n) is 0.712. The van der Waals surface area contributed by atoms with Gasteiger partial charge in [-0.2, -0.15) is 0 Å². The van der Waals surface area contributed by atoms with Crippen LogP contribution in [-0.4, -0.2) is 30.5 Å². The van der Waals surface area contributed by atoms with Gasteiger partial charge in [-0.3, -0.25) is 4.79 Å². The Labute approximate surface area is 52.8 Å². The van der Waals surface area contributed by atoms with Gasteiger partial charge in [0.1, 0.15) is 12.8 Å². The van der Waals surface area contributed by atoms with Gasteiger partial charge >= 0.3 is 0 Å². The van der Waals surface area contributed by atoms with Gasteiger partial charge < -0.3 is 15.2 Å². The Morgan fingerprint density at radius 1 is 1.89 bits per heavy atom. The second-order valence-electron chi connectivity index (χ2n) is 1.88. The van der Waals surface area contributed by atoms with Crippen molar-refractivity contribution in [2.45, 2.75) is 12.6 Å². The molecule has 1 atom stereocenters. The van der Waals surface area contributed by atoms with E-state index in [2.05, 4.69) is 5.32 Å². The lowest BCUT2D eigenvalue weighted by Crippen LogP contribution is -2.26. The number of rotatable bonds is 2. The predicted molar refractivity (Wildman–Crippen MR) is 29.6 cm³/mol. The van der Waals surface area contributed by atoms with E-state index in [1.165, 1.54) is 0 Å². The number of aliphatic hydroxyl groups excluding tert-OH is 1. The summed E-state index contributed by atoms with van der Waals surface area (Å²) in [4.78, 5) is 10.4. The van der Waals surface area contributed by atoms with Gasteiger partial charge in [0, 0.05) is 13.0 Å². The first kappa shape index (κ1) is 6.51. The maximum absolute atomic E-state index is 10.4. The van der Waals surface area contributed by atoms with E-state index in [0.29, 0.717) is 6.42 Å². The molecule has 4 heteroatoms. The summed E-state index contributed by atoms with van der Waals surface area (Å²) in [5.74, 6) is -0.103. The van der Waals surface area contributed by atoms with Crippen molar-refractivity contribution in [3.05, 3.63) is 0 Å². The van der Waals surface area contributed by atoms with E-state index in [-0.39, 0.29) is 25.3 Å². The minimum absolute atomic E-state index is 0.0466. The summed E-state index contributed by atoms with van der Waals surface area (Å²) in [5.41, 5.74) is 0. The van der Waals surface area contributed by atoms with Crippen molar-refractivity contribution >= 4 is 5.91 Å². The molecule has 2 N–H and O–H groups in total. The van der Waals surface area contributed by atoms with E-state index in [9.17, 15) is 4.79 Å². The first-order valence-electron chi connectivity index (χ1n) is 2.85. The Morgan fingerprint density at radius 3 is 3.11 bits per heavy atom. The molecule has 52 valence electrons. The molecule has 1 unspecified atom stereocenters. The summed E-state index contributed by atoms with van der Waals surface area (Å²) in [6.45, 7) is 0.176. The number of nitrogens with one attached hydrogen (secondary N) is 1. The molecule has 0 aromatic carbocycles. The highest BCUT2D eigenvalue weighted by atomic mass is 16.5. The van der Waals surface area contributed by atoms with Gasteiger partial charge in [-0.25, -0.2) is 0 Å². The van der Waals surface area contributed by atoms with Crippen molar-refractivity contribution in [2.75, 3.05) is 13.2 Å². The number of carbonyl (C=O) groups is 1. The van der Waals surface area contributed by atoms with Gasteiger partial charge in [0.15, 0.2) is 0 Å². The van der Waals surface area contributed by atoms with Gasteiger partial charge in [0.05, 0.1) is 0 Å². The molecule has 9 heavy (non-hydrogen) atoms. The summed E-state index contributed by atoms with van der Waals surface area (Å²) >= 11 is 0. The molecule has 4 nitrogen and oxygen atoms in total. The Bertz CT molecular complexity index is 115. The van der Waals surface area contributed by atoms with E-state index in [1.54, 1.807) is 0 Å². The molecule has 0 bridgehead atoms. The molecule has 1 aliphatic rings. The Morgan fingerprint density at radius 2 is 2.67 bits per heavy atom. The highest BCUT2D eigenvalue weighted by Gasteiger charge is 2.19. The van der Waals surface area contributed by atoms with E-state index in [0.717, 1.165) is 0 Å². The minimum atomic E-state index is -0.262. The fourth-order valence-corrected chi connectivity index (χ4v) is 0.712. The van der Waals surface area contributed by atoms with Crippen LogP contribution >= 0.6 is 0 Å². The van der Waals surface area contributed by atoms with Crippen LogP contribution in [-0.2, 0) is 9.53 Å². The lowest BCUT2D eigenvalue weighted by molar-refractivity contribution is -0.119. The first-order chi connectivity index (χ1) is 4.33. The maximum Gasteiger partial charge on any atom is 0.248 e. The highest BCUT2D eigenvalue weighted by Crippen LogP contribution is 1.99. The average Bonchev–Trinajstić information content (AvgIpc) is 2.17. The molecule has 0 radical (unpaired) electrons. The molecule has 1 amide bonds. The number of amides is 1. The molecular formula is C5H9NO3. The lowest BCUT2D eigenvalue weighted by atomic mass is 10.4. The minimum Gasteiger partial charge on any atom is -0.396 e. The Hall–Kier alpha value is -0.610.